The Hall–Kier alpha value is -1.71. The summed E-state index contributed by atoms with van der Waals surface area (Å²) in [6, 6.07) is 5.53. The van der Waals surface area contributed by atoms with Crippen molar-refractivity contribution < 1.29 is 9.53 Å². The van der Waals surface area contributed by atoms with Crippen LogP contribution in [0.4, 0.5) is 11.4 Å². The van der Waals surface area contributed by atoms with Crippen molar-refractivity contribution in [2.24, 2.45) is 5.92 Å². The summed E-state index contributed by atoms with van der Waals surface area (Å²) in [7, 11) is 0. The molecule has 1 aromatic carbocycles. The van der Waals surface area contributed by atoms with Crippen LogP contribution in [0.15, 0.2) is 18.2 Å². The van der Waals surface area contributed by atoms with Gasteiger partial charge in [0.25, 0.3) is 0 Å². The van der Waals surface area contributed by atoms with Gasteiger partial charge in [-0.05, 0) is 43.9 Å². The van der Waals surface area contributed by atoms with Gasteiger partial charge in [0.1, 0.15) is 0 Å². The predicted molar refractivity (Wildman–Crippen MR) is 86.7 cm³/mol. The molecule has 4 nitrogen and oxygen atoms in total. The van der Waals surface area contributed by atoms with Crippen LogP contribution in [0.25, 0.3) is 0 Å². The number of ether oxygens (including phenoxy) is 1. The second-order valence-corrected chi connectivity index (χ2v) is 5.72. The lowest BCUT2D eigenvalue weighted by molar-refractivity contribution is 0.0527. The maximum absolute atomic E-state index is 12.1. The van der Waals surface area contributed by atoms with Crippen molar-refractivity contribution >= 4 is 17.3 Å². The molecule has 0 aliphatic carbocycles. The minimum Gasteiger partial charge on any atom is -0.462 e. The van der Waals surface area contributed by atoms with Gasteiger partial charge in [-0.2, -0.15) is 0 Å². The van der Waals surface area contributed by atoms with Gasteiger partial charge in [0, 0.05) is 18.8 Å². The third-order valence-corrected chi connectivity index (χ3v) is 4.17. The fourth-order valence-electron chi connectivity index (χ4n) is 3.07. The first-order valence-electron chi connectivity index (χ1n) is 7.97. The van der Waals surface area contributed by atoms with Crippen LogP contribution in [0.2, 0.25) is 0 Å². The Kier molecular flexibility index (Phi) is 5.48. The van der Waals surface area contributed by atoms with E-state index in [9.17, 15) is 4.79 Å². The molecule has 0 bridgehead atoms. The van der Waals surface area contributed by atoms with Crippen LogP contribution in [0, 0.1) is 5.92 Å². The fourth-order valence-corrected chi connectivity index (χ4v) is 3.07. The van der Waals surface area contributed by atoms with Crippen molar-refractivity contribution in [2.75, 3.05) is 30.3 Å². The number of hydrogen-bond donors (Lipinski definition) is 1. The Morgan fingerprint density at radius 1 is 1.33 bits per heavy atom. The van der Waals surface area contributed by atoms with E-state index in [1.54, 1.807) is 6.07 Å². The first kappa shape index (κ1) is 15.7. The molecule has 0 aromatic heterocycles. The maximum Gasteiger partial charge on any atom is 0.340 e. The number of esters is 1. The number of nitrogens with zero attached hydrogens (tertiary/aromatic N) is 1. The number of rotatable bonds is 5. The van der Waals surface area contributed by atoms with E-state index in [0.717, 1.165) is 24.7 Å². The number of carbonyl (C=O) groups is 1. The number of anilines is 2. The number of nitrogens with two attached hydrogens (primary N) is 1. The first-order valence-corrected chi connectivity index (χ1v) is 7.97. The highest BCUT2D eigenvalue weighted by Gasteiger charge is 2.23. The molecule has 1 saturated heterocycles. The highest BCUT2D eigenvalue weighted by molar-refractivity contribution is 5.97. The second kappa shape index (κ2) is 7.34. The monoisotopic (exact) mass is 290 g/mol. The third-order valence-electron chi connectivity index (χ3n) is 4.17. The number of hydrogen-bond acceptors (Lipinski definition) is 4. The van der Waals surface area contributed by atoms with Gasteiger partial charge >= 0.3 is 5.97 Å². The average molecular weight is 290 g/mol. The van der Waals surface area contributed by atoms with Crippen molar-refractivity contribution in [3.05, 3.63) is 23.8 Å². The number of benzene rings is 1. The van der Waals surface area contributed by atoms with Crippen molar-refractivity contribution in [3.63, 3.8) is 0 Å². The Balaban J connectivity index is 2.14. The Labute approximate surface area is 127 Å². The minimum absolute atomic E-state index is 0.282. The van der Waals surface area contributed by atoms with E-state index in [1.807, 2.05) is 19.1 Å². The molecule has 0 amide bonds. The van der Waals surface area contributed by atoms with Crippen molar-refractivity contribution in [2.45, 2.75) is 39.5 Å². The largest absolute Gasteiger partial charge is 0.462 e. The summed E-state index contributed by atoms with van der Waals surface area (Å²) >= 11 is 0. The summed E-state index contributed by atoms with van der Waals surface area (Å²) in [6.07, 6.45) is 4.95. The summed E-state index contributed by atoms with van der Waals surface area (Å²) in [4.78, 5) is 14.4. The molecular weight excluding hydrogens is 264 g/mol. The molecule has 0 unspecified atom stereocenters. The van der Waals surface area contributed by atoms with E-state index < -0.39 is 0 Å². The van der Waals surface area contributed by atoms with Gasteiger partial charge < -0.3 is 15.4 Å². The Morgan fingerprint density at radius 3 is 2.67 bits per heavy atom. The summed E-state index contributed by atoms with van der Waals surface area (Å²) in [5.41, 5.74) is 7.97. The average Bonchev–Trinajstić information content (AvgIpc) is 2.49. The van der Waals surface area contributed by atoms with Gasteiger partial charge in [-0.3, -0.25) is 0 Å². The van der Waals surface area contributed by atoms with E-state index >= 15 is 0 Å². The Bertz CT molecular complexity index is 480. The van der Waals surface area contributed by atoms with Gasteiger partial charge in [0.15, 0.2) is 0 Å². The lowest BCUT2D eigenvalue weighted by Crippen LogP contribution is -2.34. The quantitative estimate of drug-likeness (QED) is 0.666. The summed E-state index contributed by atoms with van der Waals surface area (Å²) in [5.74, 6) is 0.543. The molecule has 1 aliphatic heterocycles. The number of carbonyl (C=O) groups excluding carboxylic acids is 1. The summed E-state index contributed by atoms with van der Waals surface area (Å²) in [5, 5.41) is 0. The second-order valence-electron chi connectivity index (χ2n) is 5.72. The maximum atomic E-state index is 12.1. The lowest BCUT2D eigenvalue weighted by atomic mass is 9.92. The van der Waals surface area contributed by atoms with Gasteiger partial charge in [0.05, 0.1) is 17.9 Å². The van der Waals surface area contributed by atoms with Crippen LogP contribution < -0.4 is 10.6 Å². The molecule has 2 N–H and O–H groups in total. The highest BCUT2D eigenvalue weighted by Crippen LogP contribution is 2.30. The van der Waals surface area contributed by atoms with Gasteiger partial charge in [-0.25, -0.2) is 4.79 Å². The normalized spacial score (nSPS) is 16.0. The zero-order chi connectivity index (χ0) is 15.2. The van der Waals surface area contributed by atoms with Crippen molar-refractivity contribution in [1.82, 2.24) is 0 Å². The van der Waals surface area contributed by atoms with Gasteiger partial charge in [-0.1, -0.05) is 19.8 Å². The Morgan fingerprint density at radius 2 is 2.05 bits per heavy atom. The molecule has 2 rings (SSSR count). The van der Waals surface area contributed by atoms with Crippen LogP contribution >= 0.6 is 0 Å². The van der Waals surface area contributed by atoms with E-state index in [0.29, 0.717) is 17.9 Å². The zero-order valence-electron chi connectivity index (χ0n) is 13.1. The predicted octanol–water partition coefficient (Wildman–Crippen LogP) is 3.46. The number of piperidine rings is 1. The van der Waals surface area contributed by atoms with E-state index in [-0.39, 0.29) is 5.97 Å². The van der Waals surface area contributed by atoms with Crippen LogP contribution in [-0.2, 0) is 4.74 Å². The minimum atomic E-state index is -0.282. The molecule has 4 heteroatoms. The molecule has 116 valence electrons. The molecule has 1 aliphatic rings. The first-order chi connectivity index (χ1) is 10.2. The standard InChI is InChI=1S/C17H26N2O2/c1-3-5-13-8-10-19(11-9-13)16-7-6-14(18)12-15(16)17(20)21-4-2/h6-7,12-13H,3-5,8-11,18H2,1-2H3. The molecule has 0 radical (unpaired) electrons. The van der Waals surface area contributed by atoms with Gasteiger partial charge in [0.2, 0.25) is 0 Å². The van der Waals surface area contributed by atoms with Crippen molar-refractivity contribution in [1.29, 1.82) is 0 Å². The number of nitrogen functional groups attached to an aromatic ring is 1. The zero-order valence-corrected chi connectivity index (χ0v) is 13.1. The smallest absolute Gasteiger partial charge is 0.340 e. The van der Waals surface area contributed by atoms with Crippen LogP contribution in [0.1, 0.15) is 49.9 Å². The van der Waals surface area contributed by atoms with Crippen LogP contribution in [0.5, 0.6) is 0 Å². The van der Waals surface area contributed by atoms with E-state index in [4.69, 9.17) is 10.5 Å². The van der Waals surface area contributed by atoms with E-state index in [2.05, 4.69) is 11.8 Å². The van der Waals surface area contributed by atoms with Crippen molar-refractivity contribution in [3.8, 4) is 0 Å². The van der Waals surface area contributed by atoms with Crippen LogP contribution in [-0.4, -0.2) is 25.7 Å². The molecule has 21 heavy (non-hydrogen) atoms. The lowest BCUT2D eigenvalue weighted by Gasteiger charge is -2.34. The summed E-state index contributed by atoms with van der Waals surface area (Å²) < 4.78 is 5.15. The third kappa shape index (κ3) is 3.90. The highest BCUT2D eigenvalue weighted by atomic mass is 16.5. The molecule has 1 aromatic rings. The SMILES string of the molecule is CCCC1CCN(c2ccc(N)cc2C(=O)OCC)CC1. The molecule has 0 saturated carbocycles. The molecular formula is C17H26N2O2. The van der Waals surface area contributed by atoms with Crippen LogP contribution in [0.3, 0.4) is 0 Å². The molecule has 1 heterocycles. The molecule has 0 atom stereocenters. The van der Waals surface area contributed by atoms with E-state index in [1.165, 1.54) is 25.7 Å². The fraction of sp³-hybridized carbons (Fsp3) is 0.588. The van der Waals surface area contributed by atoms with Gasteiger partial charge in [-0.15, -0.1) is 0 Å². The topological polar surface area (TPSA) is 55.6 Å². The summed E-state index contributed by atoms with van der Waals surface area (Å²) in [6.45, 7) is 6.44. The molecule has 1 fully saturated rings. The molecule has 0 spiro atoms.